The monoisotopic (exact) mass is 198 g/mol. The standard InChI is InChI=1S/C12H26N2/c1-10-7-14(9-12(2,3)4)8-11(10)13(5)6/h10-11H,7-9H2,1-6H3. The Morgan fingerprint density at radius 2 is 1.79 bits per heavy atom. The Balaban J connectivity index is 2.47. The van der Waals surface area contributed by atoms with Gasteiger partial charge in [0.25, 0.3) is 0 Å². The minimum atomic E-state index is 0.431. The number of likely N-dealkylation sites (tertiary alicyclic amines) is 1. The molecule has 0 radical (unpaired) electrons. The molecule has 1 saturated heterocycles. The zero-order chi connectivity index (χ0) is 10.9. The fourth-order valence-electron chi connectivity index (χ4n) is 2.52. The molecule has 0 spiro atoms. The van der Waals surface area contributed by atoms with E-state index in [9.17, 15) is 0 Å². The van der Waals surface area contributed by atoms with Gasteiger partial charge in [-0.25, -0.2) is 0 Å². The van der Waals surface area contributed by atoms with Gasteiger partial charge in [-0.1, -0.05) is 27.7 Å². The fraction of sp³-hybridized carbons (Fsp3) is 1.00. The van der Waals surface area contributed by atoms with Gasteiger partial charge in [0.05, 0.1) is 0 Å². The summed E-state index contributed by atoms with van der Waals surface area (Å²) in [7, 11) is 4.39. The first-order chi connectivity index (χ1) is 6.29. The lowest BCUT2D eigenvalue weighted by Gasteiger charge is -2.27. The van der Waals surface area contributed by atoms with E-state index < -0.39 is 0 Å². The van der Waals surface area contributed by atoms with Crippen LogP contribution in [0.2, 0.25) is 0 Å². The van der Waals surface area contributed by atoms with E-state index in [1.54, 1.807) is 0 Å². The van der Waals surface area contributed by atoms with E-state index in [2.05, 4.69) is 51.6 Å². The highest BCUT2D eigenvalue weighted by Crippen LogP contribution is 2.24. The van der Waals surface area contributed by atoms with Crippen molar-refractivity contribution in [2.45, 2.75) is 33.7 Å². The molecule has 1 heterocycles. The van der Waals surface area contributed by atoms with Crippen molar-refractivity contribution >= 4 is 0 Å². The number of nitrogens with zero attached hydrogens (tertiary/aromatic N) is 2. The topological polar surface area (TPSA) is 6.48 Å². The van der Waals surface area contributed by atoms with Gasteiger partial charge >= 0.3 is 0 Å². The van der Waals surface area contributed by atoms with Crippen LogP contribution in [0.5, 0.6) is 0 Å². The van der Waals surface area contributed by atoms with Crippen LogP contribution in [0.1, 0.15) is 27.7 Å². The molecule has 1 rings (SSSR count). The van der Waals surface area contributed by atoms with E-state index in [0.717, 1.165) is 12.0 Å². The van der Waals surface area contributed by atoms with E-state index >= 15 is 0 Å². The molecule has 2 unspecified atom stereocenters. The normalized spacial score (nSPS) is 30.2. The lowest BCUT2D eigenvalue weighted by atomic mass is 9.96. The molecule has 2 nitrogen and oxygen atoms in total. The molecule has 0 aromatic heterocycles. The molecule has 2 heteroatoms. The molecule has 0 amide bonds. The number of likely N-dealkylation sites (N-methyl/N-ethyl adjacent to an activating group) is 1. The van der Waals surface area contributed by atoms with E-state index in [4.69, 9.17) is 0 Å². The zero-order valence-electron chi connectivity index (χ0n) is 10.7. The minimum Gasteiger partial charge on any atom is -0.305 e. The van der Waals surface area contributed by atoms with Crippen molar-refractivity contribution in [3.8, 4) is 0 Å². The summed E-state index contributed by atoms with van der Waals surface area (Å²) in [6.45, 7) is 13.1. The van der Waals surface area contributed by atoms with Crippen LogP contribution in [0.3, 0.4) is 0 Å². The Morgan fingerprint density at radius 3 is 2.14 bits per heavy atom. The summed E-state index contributed by atoms with van der Waals surface area (Å²) in [5.74, 6) is 0.812. The average Bonchev–Trinajstić information content (AvgIpc) is 2.26. The molecule has 84 valence electrons. The molecule has 0 aromatic rings. The molecule has 0 saturated carbocycles. The smallest absolute Gasteiger partial charge is 0.0254 e. The second kappa shape index (κ2) is 4.19. The summed E-state index contributed by atoms with van der Waals surface area (Å²) in [5, 5.41) is 0. The largest absolute Gasteiger partial charge is 0.305 e. The van der Waals surface area contributed by atoms with Gasteiger partial charge in [0.15, 0.2) is 0 Å². The lowest BCUT2D eigenvalue weighted by molar-refractivity contribution is 0.207. The Bertz CT molecular complexity index is 181. The summed E-state index contributed by atoms with van der Waals surface area (Å²) < 4.78 is 0. The average molecular weight is 198 g/mol. The van der Waals surface area contributed by atoms with Crippen molar-refractivity contribution in [2.24, 2.45) is 11.3 Å². The molecule has 0 N–H and O–H groups in total. The van der Waals surface area contributed by atoms with Gasteiger partial charge in [-0.05, 0) is 25.4 Å². The van der Waals surface area contributed by atoms with Crippen LogP contribution in [0.4, 0.5) is 0 Å². The Labute approximate surface area is 89.3 Å². The molecule has 2 atom stereocenters. The third kappa shape index (κ3) is 3.25. The van der Waals surface area contributed by atoms with E-state index in [1.165, 1.54) is 19.6 Å². The predicted molar refractivity (Wildman–Crippen MR) is 62.5 cm³/mol. The minimum absolute atomic E-state index is 0.431. The first kappa shape index (κ1) is 12.0. The summed E-state index contributed by atoms with van der Waals surface area (Å²) in [6, 6.07) is 0.748. The van der Waals surface area contributed by atoms with Crippen molar-refractivity contribution in [3.63, 3.8) is 0 Å². The molecule has 0 bridgehead atoms. The van der Waals surface area contributed by atoms with Crippen LogP contribution in [-0.4, -0.2) is 49.6 Å². The third-order valence-electron chi connectivity index (χ3n) is 3.01. The Morgan fingerprint density at radius 1 is 1.21 bits per heavy atom. The quantitative estimate of drug-likeness (QED) is 0.669. The lowest BCUT2D eigenvalue weighted by Crippen LogP contribution is -2.36. The van der Waals surface area contributed by atoms with Gasteiger partial charge in [-0.2, -0.15) is 0 Å². The van der Waals surface area contributed by atoms with Gasteiger partial charge in [-0.3, -0.25) is 0 Å². The summed E-state index contributed by atoms with van der Waals surface area (Å²) in [5.41, 5.74) is 0.431. The van der Waals surface area contributed by atoms with Gasteiger partial charge in [0, 0.05) is 25.7 Å². The maximum atomic E-state index is 2.61. The first-order valence-electron chi connectivity index (χ1n) is 5.68. The molecule has 1 aliphatic rings. The van der Waals surface area contributed by atoms with Crippen molar-refractivity contribution in [1.29, 1.82) is 0 Å². The van der Waals surface area contributed by atoms with Gasteiger partial charge in [-0.15, -0.1) is 0 Å². The molecular weight excluding hydrogens is 172 g/mol. The second-order valence-electron chi connectivity index (χ2n) is 6.26. The van der Waals surface area contributed by atoms with Crippen LogP contribution >= 0.6 is 0 Å². The number of rotatable bonds is 2. The summed E-state index contributed by atoms with van der Waals surface area (Å²) in [6.07, 6.45) is 0. The predicted octanol–water partition coefficient (Wildman–Crippen LogP) is 1.91. The summed E-state index contributed by atoms with van der Waals surface area (Å²) in [4.78, 5) is 4.97. The fourth-order valence-corrected chi connectivity index (χ4v) is 2.52. The molecule has 14 heavy (non-hydrogen) atoms. The van der Waals surface area contributed by atoms with E-state index in [-0.39, 0.29) is 0 Å². The first-order valence-corrected chi connectivity index (χ1v) is 5.68. The van der Waals surface area contributed by atoms with Gasteiger partial charge in [0.1, 0.15) is 0 Å². The molecule has 1 fully saturated rings. The van der Waals surface area contributed by atoms with Crippen molar-refractivity contribution < 1.29 is 0 Å². The highest BCUT2D eigenvalue weighted by molar-refractivity contribution is 4.88. The van der Waals surface area contributed by atoms with Crippen LogP contribution < -0.4 is 0 Å². The molecule has 1 aliphatic heterocycles. The summed E-state index contributed by atoms with van der Waals surface area (Å²) >= 11 is 0. The Hall–Kier alpha value is -0.0800. The third-order valence-corrected chi connectivity index (χ3v) is 3.01. The maximum Gasteiger partial charge on any atom is 0.0254 e. The van der Waals surface area contributed by atoms with E-state index in [0.29, 0.717) is 5.41 Å². The Kier molecular flexibility index (Phi) is 3.59. The molecule has 0 aromatic carbocycles. The van der Waals surface area contributed by atoms with Crippen molar-refractivity contribution in [2.75, 3.05) is 33.7 Å². The van der Waals surface area contributed by atoms with Crippen LogP contribution in [0, 0.1) is 11.3 Å². The van der Waals surface area contributed by atoms with Crippen molar-refractivity contribution in [1.82, 2.24) is 9.80 Å². The van der Waals surface area contributed by atoms with Crippen molar-refractivity contribution in [3.05, 3.63) is 0 Å². The van der Waals surface area contributed by atoms with E-state index in [1.807, 2.05) is 0 Å². The number of hydrogen-bond donors (Lipinski definition) is 0. The highest BCUT2D eigenvalue weighted by atomic mass is 15.2. The second-order valence-corrected chi connectivity index (χ2v) is 6.26. The van der Waals surface area contributed by atoms with Gasteiger partial charge in [0.2, 0.25) is 0 Å². The molecule has 0 aliphatic carbocycles. The van der Waals surface area contributed by atoms with Gasteiger partial charge < -0.3 is 9.80 Å². The maximum absolute atomic E-state index is 2.61. The van der Waals surface area contributed by atoms with Crippen LogP contribution in [0.25, 0.3) is 0 Å². The highest BCUT2D eigenvalue weighted by Gasteiger charge is 2.32. The SMILES string of the molecule is CC1CN(CC(C)(C)C)CC1N(C)C. The molecular formula is C12H26N2. The number of hydrogen-bond acceptors (Lipinski definition) is 2. The van der Waals surface area contributed by atoms with Crippen LogP contribution in [-0.2, 0) is 0 Å². The zero-order valence-corrected chi connectivity index (χ0v) is 10.7. The van der Waals surface area contributed by atoms with Crippen LogP contribution in [0.15, 0.2) is 0 Å².